The third kappa shape index (κ3) is 5.42. The molecule has 0 radical (unpaired) electrons. The molecule has 0 bridgehead atoms. The number of carbonyl (C=O) groups excluding carboxylic acids is 1. The number of carbonyl (C=O) groups is 1. The van der Waals surface area contributed by atoms with Crippen LogP contribution in [0.4, 0.5) is 5.69 Å². The number of anilines is 1. The van der Waals surface area contributed by atoms with Gasteiger partial charge >= 0.3 is 0 Å². The highest BCUT2D eigenvalue weighted by atomic mass is 32.2. The highest BCUT2D eigenvalue weighted by Gasteiger charge is 2.26. The Kier molecular flexibility index (Phi) is 7.01. The minimum Gasteiger partial charge on any atom is -0.495 e. The van der Waals surface area contributed by atoms with E-state index in [9.17, 15) is 13.2 Å². The normalized spacial score (nSPS) is 17.4. The molecule has 2 aliphatic rings. The van der Waals surface area contributed by atoms with Crippen LogP contribution in [0, 0.1) is 5.92 Å². The van der Waals surface area contributed by atoms with Gasteiger partial charge in [0.05, 0.1) is 24.3 Å². The van der Waals surface area contributed by atoms with Crippen LogP contribution >= 0.6 is 0 Å². The summed E-state index contributed by atoms with van der Waals surface area (Å²) in [6.45, 7) is 1.75. The zero-order chi connectivity index (χ0) is 22.6. The molecule has 2 aromatic carbocycles. The van der Waals surface area contributed by atoms with Crippen LogP contribution in [0.2, 0.25) is 0 Å². The summed E-state index contributed by atoms with van der Waals surface area (Å²) in [5, 5.41) is 2.80. The fourth-order valence-corrected chi connectivity index (χ4v) is 5.32. The molecule has 1 saturated carbocycles. The molecule has 0 aromatic heterocycles. The first-order valence-electron chi connectivity index (χ1n) is 11.2. The molecule has 32 heavy (non-hydrogen) atoms. The maximum absolute atomic E-state index is 13.2. The van der Waals surface area contributed by atoms with Gasteiger partial charge in [0, 0.05) is 18.7 Å². The van der Waals surface area contributed by atoms with E-state index in [1.54, 1.807) is 30.3 Å². The number of benzene rings is 2. The molecular formula is C24H30N2O5S. The largest absolute Gasteiger partial charge is 0.495 e. The van der Waals surface area contributed by atoms with Gasteiger partial charge in [-0.1, -0.05) is 12.8 Å². The van der Waals surface area contributed by atoms with E-state index < -0.39 is 10.0 Å². The van der Waals surface area contributed by atoms with Crippen molar-refractivity contribution in [3.05, 3.63) is 48.0 Å². The Morgan fingerprint density at radius 3 is 2.34 bits per heavy atom. The van der Waals surface area contributed by atoms with Crippen LogP contribution < -0.4 is 14.8 Å². The lowest BCUT2D eigenvalue weighted by molar-refractivity contribution is 0.102. The van der Waals surface area contributed by atoms with Gasteiger partial charge in [0.1, 0.15) is 11.5 Å². The molecular weight excluding hydrogens is 428 g/mol. The Morgan fingerprint density at radius 2 is 1.72 bits per heavy atom. The van der Waals surface area contributed by atoms with Gasteiger partial charge < -0.3 is 14.8 Å². The summed E-state index contributed by atoms with van der Waals surface area (Å²) in [7, 11) is -2.15. The fourth-order valence-electron chi connectivity index (χ4n) is 3.77. The van der Waals surface area contributed by atoms with Gasteiger partial charge in [-0.25, -0.2) is 8.42 Å². The number of nitrogens with one attached hydrogen (secondary N) is 1. The third-order valence-electron chi connectivity index (χ3n) is 5.92. The van der Waals surface area contributed by atoms with Crippen molar-refractivity contribution < 1.29 is 22.7 Å². The molecule has 2 fully saturated rings. The van der Waals surface area contributed by atoms with E-state index in [1.807, 2.05) is 0 Å². The molecule has 0 atom stereocenters. The van der Waals surface area contributed by atoms with Gasteiger partial charge in [-0.3, -0.25) is 4.79 Å². The van der Waals surface area contributed by atoms with Crippen LogP contribution in [0.15, 0.2) is 47.4 Å². The maximum atomic E-state index is 13.2. The van der Waals surface area contributed by atoms with Crippen LogP contribution in [-0.4, -0.2) is 45.4 Å². The number of hydrogen-bond acceptors (Lipinski definition) is 5. The average molecular weight is 459 g/mol. The fraction of sp³-hybridized carbons (Fsp3) is 0.458. The van der Waals surface area contributed by atoms with Gasteiger partial charge in [0.15, 0.2) is 0 Å². The van der Waals surface area contributed by atoms with Crippen molar-refractivity contribution in [2.45, 2.75) is 43.4 Å². The van der Waals surface area contributed by atoms with Gasteiger partial charge in [0.25, 0.3) is 5.91 Å². The van der Waals surface area contributed by atoms with E-state index in [0.717, 1.165) is 31.4 Å². The first-order valence-corrected chi connectivity index (χ1v) is 12.6. The van der Waals surface area contributed by atoms with Crippen molar-refractivity contribution in [1.82, 2.24) is 4.31 Å². The van der Waals surface area contributed by atoms with Crippen molar-refractivity contribution in [2.75, 3.05) is 32.1 Å². The second kappa shape index (κ2) is 9.92. The van der Waals surface area contributed by atoms with Gasteiger partial charge in [0.2, 0.25) is 10.0 Å². The van der Waals surface area contributed by atoms with Gasteiger partial charge in [-0.2, -0.15) is 4.31 Å². The quantitative estimate of drug-likeness (QED) is 0.638. The van der Waals surface area contributed by atoms with Crippen LogP contribution in [0.25, 0.3) is 0 Å². The number of methoxy groups -OCH3 is 1. The number of amides is 1. The van der Waals surface area contributed by atoms with E-state index in [2.05, 4.69) is 5.32 Å². The van der Waals surface area contributed by atoms with Gasteiger partial charge in [-0.15, -0.1) is 0 Å². The van der Waals surface area contributed by atoms with Crippen LogP contribution in [0.5, 0.6) is 11.5 Å². The number of sulfonamides is 1. The van der Waals surface area contributed by atoms with Crippen LogP contribution in [-0.2, 0) is 10.0 Å². The van der Waals surface area contributed by atoms with E-state index in [4.69, 9.17) is 9.47 Å². The molecule has 7 nitrogen and oxygen atoms in total. The summed E-state index contributed by atoms with van der Waals surface area (Å²) in [6, 6.07) is 11.5. The minimum atomic E-state index is -3.64. The SMILES string of the molecule is COc1ccc(S(=O)(=O)N2CCCCCC2)cc1NC(=O)c1ccc(OCC2CC2)cc1. The van der Waals surface area contributed by atoms with E-state index >= 15 is 0 Å². The van der Waals surface area contributed by atoms with Crippen LogP contribution in [0.3, 0.4) is 0 Å². The van der Waals surface area contributed by atoms with Crippen molar-refractivity contribution in [2.24, 2.45) is 5.92 Å². The van der Waals surface area contributed by atoms with Crippen molar-refractivity contribution in [3.63, 3.8) is 0 Å². The summed E-state index contributed by atoms with van der Waals surface area (Å²) in [4.78, 5) is 13.0. The average Bonchev–Trinajstić information content (AvgIpc) is 3.65. The molecule has 8 heteroatoms. The van der Waals surface area contributed by atoms with E-state index in [1.165, 1.54) is 36.4 Å². The predicted octanol–water partition coefficient (Wildman–Crippen LogP) is 4.30. The van der Waals surface area contributed by atoms with E-state index in [-0.39, 0.29) is 10.8 Å². The lowest BCUT2D eigenvalue weighted by atomic mass is 10.2. The summed E-state index contributed by atoms with van der Waals surface area (Å²) in [5.41, 5.74) is 0.772. The van der Waals surface area contributed by atoms with Crippen molar-refractivity contribution >= 4 is 21.6 Å². The summed E-state index contributed by atoms with van der Waals surface area (Å²) in [5.74, 6) is 1.44. The monoisotopic (exact) mass is 458 g/mol. The highest BCUT2D eigenvalue weighted by molar-refractivity contribution is 7.89. The molecule has 0 spiro atoms. The van der Waals surface area contributed by atoms with Crippen molar-refractivity contribution in [3.8, 4) is 11.5 Å². The molecule has 0 unspecified atom stereocenters. The molecule has 1 saturated heterocycles. The Balaban J connectivity index is 1.50. The Morgan fingerprint density at radius 1 is 1.03 bits per heavy atom. The molecule has 1 amide bonds. The van der Waals surface area contributed by atoms with Crippen molar-refractivity contribution in [1.29, 1.82) is 0 Å². The molecule has 172 valence electrons. The topological polar surface area (TPSA) is 84.9 Å². The minimum absolute atomic E-state index is 0.152. The standard InChI is InChI=1S/C24H30N2O5S/c1-30-23-13-12-21(32(28,29)26-14-4-2-3-5-15-26)16-22(23)25-24(27)19-8-10-20(11-9-19)31-17-18-6-7-18/h8-13,16,18H,2-7,14-15,17H2,1H3,(H,25,27). The molecule has 1 N–H and O–H groups in total. The summed E-state index contributed by atoms with van der Waals surface area (Å²) >= 11 is 0. The first kappa shape index (κ1) is 22.6. The lowest BCUT2D eigenvalue weighted by Crippen LogP contribution is -2.32. The van der Waals surface area contributed by atoms with Crippen LogP contribution in [0.1, 0.15) is 48.9 Å². The van der Waals surface area contributed by atoms with E-state index in [0.29, 0.717) is 42.6 Å². The van der Waals surface area contributed by atoms with Gasteiger partial charge in [-0.05, 0) is 74.1 Å². The molecule has 4 rings (SSSR count). The molecule has 1 aliphatic carbocycles. The number of nitrogens with zero attached hydrogens (tertiary/aromatic N) is 1. The maximum Gasteiger partial charge on any atom is 0.255 e. The Bertz CT molecular complexity index is 1040. The lowest BCUT2D eigenvalue weighted by Gasteiger charge is -2.21. The Hall–Kier alpha value is -2.58. The predicted molar refractivity (Wildman–Crippen MR) is 123 cm³/mol. The second-order valence-electron chi connectivity index (χ2n) is 8.41. The summed E-state index contributed by atoms with van der Waals surface area (Å²) in [6.07, 6.45) is 6.24. The highest BCUT2D eigenvalue weighted by Crippen LogP contribution is 2.31. The molecule has 2 aromatic rings. The molecule has 1 aliphatic heterocycles. The number of ether oxygens (including phenoxy) is 2. The Labute approximate surface area is 189 Å². The zero-order valence-corrected chi connectivity index (χ0v) is 19.2. The first-order chi connectivity index (χ1) is 15.5. The number of hydrogen-bond donors (Lipinski definition) is 1. The zero-order valence-electron chi connectivity index (χ0n) is 18.4. The smallest absolute Gasteiger partial charge is 0.255 e. The second-order valence-corrected chi connectivity index (χ2v) is 10.4. The summed E-state index contributed by atoms with van der Waals surface area (Å²) < 4.78 is 38.9. The third-order valence-corrected chi connectivity index (χ3v) is 7.82. The molecule has 1 heterocycles. The number of rotatable bonds is 8.